The minimum absolute atomic E-state index is 1.19. The molecule has 18 aromatic rings. The van der Waals surface area contributed by atoms with E-state index in [4.69, 9.17) is 0 Å². The molecule has 0 heterocycles. The smallest absolute Gasteiger partial charge is 0.000740 e. The summed E-state index contributed by atoms with van der Waals surface area (Å²) in [4.78, 5) is 0. The average Bonchev–Trinajstić information content (AvgIpc) is 1.50. The summed E-state index contributed by atoms with van der Waals surface area (Å²) < 4.78 is 0. The quantitative estimate of drug-likeness (QED) is 0.135. The Morgan fingerprint density at radius 2 is 0.375 bits per heavy atom. The summed E-state index contributed by atoms with van der Waals surface area (Å²) in [6.45, 7) is 0. The Morgan fingerprint density at radius 1 is 0.115 bits per heavy atom. The van der Waals surface area contributed by atoms with Crippen LogP contribution in [0.15, 0.2) is 352 Å². The fraction of sp³-hybridized carbons (Fsp3) is 0. The second kappa shape index (κ2) is 21.6. The van der Waals surface area contributed by atoms with Crippen LogP contribution in [0.3, 0.4) is 0 Å². The Morgan fingerprint density at radius 3 is 0.698 bits per heavy atom. The van der Waals surface area contributed by atoms with Gasteiger partial charge in [-0.05, 0) is 246 Å². The second-order valence-corrected chi connectivity index (χ2v) is 26.0. The van der Waals surface area contributed by atoms with Gasteiger partial charge in [0.25, 0.3) is 0 Å². The van der Waals surface area contributed by atoms with Crippen molar-refractivity contribution >= 4 is 64.6 Å². The lowest BCUT2D eigenvalue weighted by molar-refractivity contribution is 1.59. The van der Waals surface area contributed by atoms with Crippen LogP contribution in [0.2, 0.25) is 0 Å². The fourth-order valence-electron chi connectivity index (χ4n) is 16.8. The van der Waals surface area contributed by atoms with E-state index in [1.165, 1.54) is 209 Å². The standard InChI is InChI=1S/C96H58/c1-7-27-61(28-8-1)79-55-83-85(57-81(79)63-31-11-3-12-32-63)89(69-47-45-59-25-19-21-39-67(59)53-69)95-77-51-49-71(73-41-23-43-75(91(73)77)93(95)87(83)65-35-15-5-16-36-65)72-50-52-78-92-74(72)42-24-44-76(92)94-88(66-37-17-6-18-38-66)84-56-80(62-29-9-2-10-30-62)82(64-33-13-4-14-34-64)58-86(84)90(96(78)94)70-48-46-60-26-20-22-40-68(60)54-70/h1-58H. The molecule has 0 saturated carbocycles. The molecular formula is C96H58. The molecule has 0 aromatic heterocycles. The molecule has 0 fully saturated rings. The lowest BCUT2D eigenvalue weighted by Gasteiger charge is -2.23. The third-order valence-corrected chi connectivity index (χ3v) is 20.9. The Balaban J connectivity index is 0.877. The van der Waals surface area contributed by atoms with Crippen molar-refractivity contribution < 1.29 is 0 Å². The van der Waals surface area contributed by atoms with Gasteiger partial charge in [-0.3, -0.25) is 0 Å². The summed E-state index contributed by atoms with van der Waals surface area (Å²) in [6.07, 6.45) is 0. The van der Waals surface area contributed by atoms with Gasteiger partial charge in [0, 0.05) is 0 Å². The van der Waals surface area contributed by atoms with Crippen LogP contribution in [0.25, 0.3) is 209 Å². The molecule has 0 aliphatic heterocycles. The predicted octanol–water partition coefficient (Wildman–Crippen LogP) is 26.9. The number of fused-ring (bicyclic) bond motifs is 10. The molecule has 442 valence electrons. The summed E-state index contributed by atoms with van der Waals surface area (Å²) in [5.74, 6) is 0. The van der Waals surface area contributed by atoms with Crippen molar-refractivity contribution in [2.45, 2.75) is 0 Å². The van der Waals surface area contributed by atoms with Gasteiger partial charge in [-0.25, -0.2) is 0 Å². The van der Waals surface area contributed by atoms with E-state index < -0.39 is 0 Å². The van der Waals surface area contributed by atoms with Crippen LogP contribution >= 0.6 is 0 Å². The average molecular weight is 1210 g/mol. The summed E-state index contributed by atoms with van der Waals surface area (Å²) in [6, 6.07) is 132. The highest BCUT2D eigenvalue weighted by molar-refractivity contribution is 6.33. The minimum atomic E-state index is 1.19. The van der Waals surface area contributed by atoms with Crippen molar-refractivity contribution in [2.24, 2.45) is 0 Å². The molecule has 18 aromatic carbocycles. The summed E-state index contributed by atoms with van der Waals surface area (Å²) in [7, 11) is 0. The highest BCUT2D eigenvalue weighted by atomic mass is 14.4. The van der Waals surface area contributed by atoms with Crippen LogP contribution < -0.4 is 0 Å². The molecule has 0 amide bonds. The van der Waals surface area contributed by atoms with Gasteiger partial charge >= 0.3 is 0 Å². The zero-order chi connectivity index (χ0) is 63.0. The number of hydrogen-bond donors (Lipinski definition) is 0. The van der Waals surface area contributed by atoms with E-state index in [0.29, 0.717) is 0 Å². The third-order valence-electron chi connectivity index (χ3n) is 20.9. The zero-order valence-corrected chi connectivity index (χ0v) is 52.5. The largest absolute Gasteiger partial charge is 0.0622 e. The van der Waals surface area contributed by atoms with Gasteiger partial charge in [0.1, 0.15) is 0 Å². The molecule has 0 unspecified atom stereocenters. The van der Waals surface area contributed by atoms with Crippen molar-refractivity contribution in [3.05, 3.63) is 352 Å². The Labute approximate surface area is 557 Å². The molecule has 0 spiro atoms. The molecule has 0 radical (unpaired) electrons. The normalized spacial score (nSPS) is 12.0. The summed E-state index contributed by atoms with van der Waals surface area (Å²) in [5, 5.41) is 14.9. The lowest BCUT2D eigenvalue weighted by atomic mass is 9.80. The zero-order valence-electron chi connectivity index (χ0n) is 52.5. The highest BCUT2D eigenvalue weighted by Gasteiger charge is 2.35. The third kappa shape index (κ3) is 8.22. The molecule has 0 atom stereocenters. The molecule has 0 nitrogen and oxygen atoms in total. The van der Waals surface area contributed by atoms with Crippen molar-refractivity contribution in [1.82, 2.24) is 0 Å². The highest BCUT2D eigenvalue weighted by Crippen LogP contribution is 2.63. The van der Waals surface area contributed by atoms with E-state index in [2.05, 4.69) is 352 Å². The maximum Gasteiger partial charge on any atom is -0.000740 e. The molecule has 0 heteroatoms. The molecule has 96 heavy (non-hydrogen) atoms. The second-order valence-electron chi connectivity index (χ2n) is 26.0. The van der Waals surface area contributed by atoms with Crippen LogP contribution in [0.5, 0.6) is 0 Å². The van der Waals surface area contributed by atoms with Crippen LogP contribution in [0.4, 0.5) is 0 Å². The summed E-state index contributed by atoms with van der Waals surface area (Å²) >= 11 is 0. The van der Waals surface area contributed by atoms with Gasteiger partial charge in [-0.2, -0.15) is 0 Å². The van der Waals surface area contributed by atoms with Crippen molar-refractivity contribution in [2.75, 3.05) is 0 Å². The molecule has 2 aliphatic carbocycles. The molecule has 0 saturated heterocycles. The Bertz CT molecular complexity index is 5860. The fourth-order valence-corrected chi connectivity index (χ4v) is 16.8. The minimum Gasteiger partial charge on any atom is -0.0622 e. The number of benzene rings is 18. The van der Waals surface area contributed by atoms with Gasteiger partial charge in [-0.1, -0.05) is 315 Å². The van der Waals surface area contributed by atoms with Crippen molar-refractivity contribution in [3.63, 3.8) is 0 Å². The molecule has 0 bridgehead atoms. The van der Waals surface area contributed by atoms with E-state index in [0.717, 1.165) is 0 Å². The number of rotatable bonds is 9. The predicted molar refractivity (Wildman–Crippen MR) is 409 cm³/mol. The van der Waals surface area contributed by atoms with Gasteiger partial charge in [-0.15, -0.1) is 0 Å². The van der Waals surface area contributed by atoms with Crippen molar-refractivity contribution in [1.29, 1.82) is 0 Å². The van der Waals surface area contributed by atoms with Gasteiger partial charge in [0.15, 0.2) is 0 Å². The first-order chi connectivity index (χ1) is 47.7. The van der Waals surface area contributed by atoms with E-state index in [1.807, 2.05) is 0 Å². The SMILES string of the molecule is c1ccc(-c2cc3c(-c4ccccc4)c4c(c(-c5ccc6ccccc6c5)c3cc2-c2ccccc2)-c2ccc(-c3ccc5c6c(cccc36)-c3c-5c(-c5ccc6ccccc6c5)c5cc(-c6ccccc6)c(-c6ccccc6)cc5c3-c3ccccc3)c3cccc-4c23)cc1. The topological polar surface area (TPSA) is 0 Å². The first-order valence-electron chi connectivity index (χ1n) is 33.5. The molecule has 20 rings (SSSR count). The first-order valence-corrected chi connectivity index (χ1v) is 33.5. The number of hydrogen-bond acceptors (Lipinski definition) is 0. The molecular weight excluding hydrogens is 1150 g/mol. The summed E-state index contributed by atoms with van der Waals surface area (Å²) in [5.41, 5.74) is 32.1. The first kappa shape index (κ1) is 54.1. The monoisotopic (exact) mass is 1210 g/mol. The van der Waals surface area contributed by atoms with Gasteiger partial charge < -0.3 is 0 Å². The van der Waals surface area contributed by atoms with Crippen LogP contribution in [0, 0.1) is 0 Å². The Kier molecular flexibility index (Phi) is 12.1. The van der Waals surface area contributed by atoms with E-state index in [-0.39, 0.29) is 0 Å². The Hall–Kier alpha value is -12.5. The van der Waals surface area contributed by atoms with E-state index in [9.17, 15) is 0 Å². The lowest BCUT2D eigenvalue weighted by Crippen LogP contribution is -1.96. The molecule has 0 N–H and O–H groups in total. The van der Waals surface area contributed by atoms with Gasteiger partial charge in [0.05, 0.1) is 0 Å². The van der Waals surface area contributed by atoms with E-state index in [1.54, 1.807) is 0 Å². The van der Waals surface area contributed by atoms with Crippen molar-refractivity contribution in [3.8, 4) is 145 Å². The molecule has 2 aliphatic rings. The maximum absolute atomic E-state index is 2.52. The van der Waals surface area contributed by atoms with E-state index >= 15 is 0 Å². The van der Waals surface area contributed by atoms with Gasteiger partial charge in [0.2, 0.25) is 0 Å². The van der Waals surface area contributed by atoms with Crippen LogP contribution in [-0.2, 0) is 0 Å². The van der Waals surface area contributed by atoms with Crippen LogP contribution in [0.1, 0.15) is 0 Å². The maximum atomic E-state index is 2.52. The van der Waals surface area contributed by atoms with Crippen LogP contribution in [-0.4, -0.2) is 0 Å².